The quantitative estimate of drug-likeness (QED) is 0.251. The smallest absolute Gasteiger partial charge is 0.365 e. The highest BCUT2D eigenvalue weighted by Crippen LogP contribution is 2.35. The first-order chi connectivity index (χ1) is 17.4. The molecule has 0 bridgehead atoms. The van der Waals surface area contributed by atoms with Gasteiger partial charge in [-0.25, -0.2) is 4.98 Å². The summed E-state index contributed by atoms with van der Waals surface area (Å²) < 4.78 is 41.5. The number of anilines is 1. The van der Waals surface area contributed by atoms with Gasteiger partial charge in [0.2, 0.25) is 0 Å². The maximum Gasteiger partial charge on any atom is 0.416 e. The number of halogens is 3. The number of aromatic nitrogens is 2. The van der Waals surface area contributed by atoms with Gasteiger partial charge >= 0.3 is 6.18 Å². The zero-order valence-corrected chi connectivity index (χ0v) is 20.3. The Balaban J connectivity index is 1.49. The van der Waals surface area contributed by atoms with Crippen molar-refractivity contribution in [3.8, 4) is 22.4 Å². The molecule has 0 spiro atoms. The predicted molar refractivity (Wildman–Crippen MR) is 139 cm³/mol. The zero-order chi connectivity index (χ0) is 25.1. The fourth-order valence-electron chi connectivity index (χ4n) is 3.88. The maximum absolute atomic E-state index is 13.2. The summed E-state index contributed by atoms with van der Waals surface area (Å²) in [6.45, 7) is 2.31. The number of alkyl halides is 3. The van der Waals surface area contributed by atoms with Crippen molar-refractivity contribution in [3.05, 3.63) is 112 Å². The Kier molecular flexibility index (Phi) is 6.53. The lowest BCUT2D eigenvalue weighted by atomic mass is 10.1. The first kappa shape index (κ1) is 23.7. The molecular formula is C29H22F3N3S. The van der Waals surface area contributed by atoms with E-state index in [0.717, 1.165) is 50.5 Å². The molecule has 3 nitrogen and oxygen atoms in total. The summed E-state index contributed by atoms with van der Waals surface area (Å²) in [4.78, 5) is 6.71. The van der Waals surface area contributed by atoms with Crippen LogP contribution in [0.5, 0.6) is 0 Å². The molecule has 5 aromatic rings. The summed E-state index contributed by atoms with van der Waals surface area (Å²) in [6, 6.07) is 23.2. The number of thiophene rings is 1. The molecule has 3 aromatic heterocycles. The third-order valence-electron chi connectivity index (χ3n) is 5.76. The molecule has 36 heavy (non-hydrogen) atoms. The molecule has 0 radical (unpaired) electrons. The van der Waals surface area contributed by atoms with Crippen molar-refractivity contribution in [1.29, 1.82) is 0 Å². The third-order valence-corrected chi connectivity index (χ3v) is 6.76. The Hall–Kier alpha value is -4.02. The second-order valence-corrected chi connectivity index (χ2v) is 9.34. The van der Waals surface area contributed by atoms with E-state index in [1.807, 2.05) is 65.2 Å². The monoisotopic (exact) mass is 501 g/mol. The molecule has 7 heteroatoms. The van der Waals surface area contributed by atoms with Crippen molar-refractivity contribution >= 4 is 22.8 Å². The Labute approximate surface area is 211 Å². The Morgan fingerprint density at radius 2 is 1.75 bits per heavy atom. The predicted octanol–water partition coefficient (Wildman–Crippen LogP) is 7.66. The van der Waals surface area contributed by atoms with E-state index in [4.69, 9.17) is 4.98 Å². The molecule has 2 aromatic carbocycles. The SMILES string of the molecule is CCc1ccn2c(NCc3cccc(C(F)(F)F)c3)c(-c3ccc(C#Cc4ccccc4)s3)nc2c1. The van der Waals surface area contributed by atoms with Gasteiger partial charge in [0.15, 0.2) is 0 Å². The molecule has 0 saturated heterocycles. The van der Waals surface area contributed by atoms with Gasteiger partial charge in [-0.15, -0.1) is 11.3 Å². The number of imidazole rings is 1. The zero-order valence-electron chi connectivity index (χ0n) is 19.4. The number of nitrogens with one attached hydrogen (secondary N) is 1. The maximum atomic E-state index is 13.2. The number of pyridine rings is 1. The lowest BCUT2D eigenvalue weighted by molar-refractivity contribution is -0.137. The minimum atomic E-state index is -4.38. The van der Waals surface area contributed by atoms with E-state index in [9.17, 15) is 13.2 Å². The van der Waals surface area contributed by atoms with E-state index < -0.39 is 11.7 Å². The molecule has 5 rings (SSSR count). The van der Waals surface area contributed by atoms with Crippen LogP contribution in [0.4, 0.5) is 19.0 Å². The number of rotatable bonds is 5. The van der Waals surface area contributed by atoms with E-state index in [0.29, 0.717) is 5.56 Å². The minimum Gasteiger partial charge on any atom is -0.365 e. The van der Waals surface area contributed by atoms with Crippen LogP contribution in [-0.2, 0) is 19.1 Å². The van der Waals surface area contributed by atoms with E-state index in [-0.39, 0.29) is 6.54 Å². The molecule has 0 aliphatic heterocycles. The van der Waals surface area contributed by atoms with Crippen LogP contribution in [0.3, 0.4) is 0 Å². The summed E-state index contributed by atoms with van der Waals surface area (Å²) in [6.07, 6.45) is -1.55. The van der Waals surface area contributed by atoms with Gasteiger partial charge in [-0.3, -0.25) is 4.40 Å². The Bertz CT molecular complexity index is 1570. The van der Waals surface area contributed by atoms with Crippen LogP contribution in [0.15, 0.2) is 85.1 Å². The lowest BCUT2D eigenvalue weighted by Gasteiger charge is -2.11. The number of hydrogen-bond donors (Lipinski definition) is 1. The largest absolute Gasteiger partial charge is 0.416 e. The summed E-state index contributed by atoms with van der Waals surface area (Å²) in [5.41, 5.74) is 3.50. The first-order valence-electron chi connectivity index (χ1n) is 11.5. The molecule has 0 aliphatic carbocycles. The van der Waals surface area contributed by atoms with E-state index in [1.54, 1.807) is 6.07 Å². The van der Waals surface area contributed by atoms with Gasteiger partial charge in [-0.1, -0.05) is 49.1 Å². The molecular weight excluding hydrogens is 479 g/mol. The van der Waals surface area contributed by atoms with Crippen molar-refractivity contribution in [1.82, 2.24) is 9.38 Å². The molecule has 0 aliphatic rings. The van der Waals surface area contributed by atoms with Crippen LogP contribution in [0.2, 0.25) is 0 Å². The molecule has 0 fully saturated rings. The van der Waals surface area contributed by atoms with E-state index >= 15 is 0 Å². The lowest BCUT2D eigenvalue weighted by Crippen LogP contribution is -2.07. The summed E-state index contributed by atoms with van der Waals surface area (Å²) in [5.74, 6) is 7.11. The standard InChI is InChI=1S/C29H22F3N3S/c1-2-20-15-16-35-26(18-20)34-27(25-14-13-24(36-25)12-11-21-7-4-3-5-8-21)28(35)33-19-22-9-6-10-23(17-22)29(30,31)32/h3-10,13-18,33H,2,19H2,1H3. The van der Waals surface area contributed by atoms with Crippen LogP contribution >= 0.6 is 11.3 Å². The highest BCUT2D eigenvalue weighted by Gasteiger charge is 2.30. The highest BCUT2D eigenvalue weighted by molar-refractivity contribution is 7.16. The van der Waals surface area contributed by atoms with Crippen molar-refractivity contribution in [2.24, 2.45) is 0 Å². The number of hydrogen-bond acceptors (Lipinski definition) is 3. The molecule has 1 N–H and O–H groups in total. The van der Waals surface area contributed by atoms with Crippen molar-refractivity contribution in [3.63, 3.8) is 0 Å². The molecule has 0 amide bonds. The second kappa shape index (κ2) is 9.92. The summed E-state index contributed by atoms with van der Waals surface area (Å²) in [5, 5.41) is 3.34. The molecule has 0 saturated carbocycles. The van der Waals surface area contributed by atoms with Gasteiger partial charge in [0.1, 0.15) is 17.2 Å². The average molecular weight is 502 g/mol. The minimum absolute atomic E-state index is 0.228. The fraction of sp³-hybridized carbons (Fsp3) is 0.138. The van der Waals surface area contributed by atoms with Crippen molar-refractivity contribution in [2.45, 2.75) is 26.1 Å². The summed E-state index contributed by atoms with van der Waals surface area (Å²) in [7, 11) is 0. The topological polar surface area (TPSA) is 29.3 Å². The third kappa shape index (κ3) is 5.14. The number of nitrogens with zero attached hydrogens (tertiary/aromatic N) is 2. The Morgan fingerprint density at radius 1 is 0.917 bits per heavy atom. The van der Waals surface area contributed by atoms with Crippen molar-refractivity contribution < 1.29 is 13.2 Å². The normalized spacial score (nSPS) is 11.3. The van der Waals surface area contributed by atoms with Crippen LogP contribution in [-0.4, -0.2) is 9.38 Å². The summed E-state index contributed by atoms with van der Waals surface area (Å²) >= 11 is 1.53. The molecule has 0 atom stereocenters. The Morgan fingerprint density at radius 3 is 2.53 bits per heavy atom. The molecule has 180 valence electrons. The van der Waals surface area contributed by atoms with E-state index in [2.05, 4.69) is 24.1 Å². The van der Waals surface area contributed by atoms with Gasteiger partial charge in [0.25, 0.3) is 0 Å². The van der Waals surface area contributed by atoms with Gasteiger partial charge < -0.3 is 5.32 Å². The fourth-order valence-corrected chi connectivity index (χ4v) is 4.73. The second-order valence-electron chi connectivity index (χ2n) is 8.26. The average Bonchev–Trinajstić information content (AvgIpc) is 3.50. The van der Waals surface area contributed by atoms with Crippen LogP contribution in [0.1, 0.15) is 34.1 Å². The highest BCUT2D eigenvalue weighted by atomic mass is 32.1. The van der Waals surface area contributed by atoms with Crippen LogP contribution in [0.25, 0.3) is 16.2 Å². The molecule has 0 unspecified atom stereocenters. The van der Waals surface area contributed by atoms with Gasteiger partial charge in [0, 0.05) is 18.3 Å². The van der Waals surface area contributed by atoms with Gasteiger partial charge in [0.05, 0.1) is 15.3 Å². The number of benzene rings is 2. The van der Waals surface area contributed by atoms with Gasteiger partial charge in [-0.2, -0.15) is 13.2 Å². The molecule has 3 heterocycles. The first-order valence-corrected chi connectivity index (χ1v) is 12.3. The number of fused-ring (bicyclic) bond motifs is 1. The van der Waals surface area contributed by atoms with Gasteiger partial charge in [-0.05, 0) is 66.1 Å². The van der Waals surface area contributed by atoms with Crippen LogP contribution < -0.4 is 5.32 Å². The van der Waals surface area contributed by atoms with E-state index in [1.165, 1.54) is 23.5 Å². The van der Waals surface area contributed by atoms with Crippen molar-refractivity contribution in [2.75, 3.05) is 5.32 Å². The van der Waals surface area contributed by atoms with Crippen LogP contribution in [0, 0.1) is 11.8 Å². The number of aryl methyl sites for hydroxylation is 1.